The third kappa shape index (κ3) is 10.9. The summed E-state index contributed by atoms with van der Waals surface area (Å²) in [6, 6.07) is 1.35. The second-order valence-electron chi connectivity index (χ2n) is 1.77. The van der Waals surface area contributed by atoms with Crippen LogP contribution in [0.25, 0.3) is 0 Å². The first-order valence-electron chi connectivity index (χ1n) is 2.53. The molecule has 0 rings (SSSR count). The molecule has 0 radical (unpaired) electrons. The van der Waals surface area contributed by atoms with Gasteiger partial charge in [0, 0.05) is 9.76 Å². The summed E-state index contributed by atoms with van der Waals surface area (Å²) in [5.74, 6) is 0. The second kappa shape index (κ2) is 6.99. The summed E-state index contributed by atoms with van der Waals surface area (Å²) in [5.41, 5.74) is 0. The van der Waals surface area contributed by atoms with Crippen molar-refractivity contribution in [1.82, 2.24) is 0 Å². The first-order valence-corrected chi connectivity index (χ1v) is 8.63. The van der Waals surface area contributed by atoms with Crippen LogP contribution in [0.5, 0.6) is 0 Å². The molecular weight excluding hydrogens is 113 g/mol. The number of rotatable bonds is 2. The van der Waals surface area contributed by atoms with Crippen LogP contribution in [-0.2, 0) is 0 Å². The summed E-state index contributed by atoms with van der Waals surface area (Å²) in [6.07, 6.45) is 1.30. The van der Waals surface area contributed by atoms with Gasteiger partial charge in [-0.15, -0.1) is 0 Å². The van der Waals surface area contributed by atoms with E-state index in [-0.39, 0.29) is 20.3 Å². The van der Waals surface area contributed by atoms with Crippen molar-refractivity contribution in [3.05, 3.63) is 0 Å². The molecule has 0 saturated heterocycles. The molecule has 0 heterocycles. The molecule has 1 unspecified atom stereocenters. The fourth-order valence-corrected chi connectivity index (χ4v) is 3.10. The number of hydrogen-bond acceptors (Lipinski definition) is 1. The molecule has 1 nitrogen and oxygen atoms in total. The van der Waals surface area contributed by atoms with Gasteiger partial charge in [-0.25, -0.2) is 0 Å². The molecule has 0 bridgehead atoms. The van der Waals surface area contributed by atoms with Gasteiger partial charge in [-0.1, -0.05) is 19.4 Å². The molecule has 0 spiro atoms. The molecule has 0 aromatic carbocycles. The number of hydrogen-bond donors (Lipinski definition) is 1. The zero-order valence-electron chi connectivity index (χ0n) is 6.57. The summed E-state index contributed by atoms with van der Waals surface area (Å²) in [7, 11) is 0.764. The fourth-order valence-electron chi connectivity index (χ4n) is 0.455. The van der Waals surface area contributed by atoms with E-state index in [9.17, 15) is 0 Å². The maximum Gasteiger partial charge on any atom is 1.00 e. The zero-order valence-corrected chi connectivity index (χ0v) is 8.72. The first kappa shape index (κ1) is 10.9. The van der Waals surface area contributed by atoms with Crippen molar-refractivity contribution >= 4 is 18.2 Å². The van der Waals surface area contributed by atoms with Crippen molar-refractivity contribution in [2.45, 2.75) is 19.4 Å². The van der Waals surface area contributed by atoms with Crippen LogP contribution in [0.4, 0.5) is 0 Å². The predicted molar refractivity (Wildman–Crippen MR) is 37.5 cm³/mol. The molecule has 0 aliphatic carbocycles. The van der Waals surface area contributed by atoms with Gasteiger partial charge in [0.1, 0.15) is 0 Å². The summed E-state index contributed by atoms with van der Waals surface area (Å²) < 4.78 is 0. The van der Waals surface area contributed by atoms with Crippen LogP contribution >= 0.6 is 0 Å². The minimum absolute atomic E-state index is 0. The van der Waals surface area contributed by atoms with E-state index in [0.29, 0.717) is 0 Å². The topological polar surface area (TPSA) is 26.0 Å². The van der Waals surface area contributed by atoms with Gasteiger partial charge in [0.05, 0.1) is 8.48 Å². The third-order valence-corrected chi connectivity index (χ3v) is 3.96. The van der Waals surface area contributed by atoms with Gasteiger partial charge in [0.2, 0.25) is 0 Å². The molecule has 0 fully saturated rings. The van der Waals surface area contributed by atoms with E-state index < -0.39 is 8.48 Å². The van der Waals surface area contributed by atoms with E-state index in [2.05, 4.69) is 6.92 Å². The van der Waals surface area contributed by atoms with Crippen molar-refractivity contribution in [3.8, 4) is 0 Å². The van der Waals surface area contributed by atoms with Crippen LogP contribution in [0.2, 0.25) is 6.04 Å². The maximum absolute atomic E-state index is 5.60. The molecule has 0 aliphatic rings. The van der Waals surface area contributed by atoms with Crippen LogP contribution < -0.4 is 24.3 Å². The van der Waals surface area contributed by atoms with Gasteiger partial charge < -0.3 is 6.83 Å². The maximum atomic E-state index is 5.60. The Bertz CT molecular complexity index is 38.5. The minimum Gasteiger partial charge on any atom is -1.00 e. The summed E-state index contributed by atoms with van der Waals surface area (Å²) in [6.45, 7) is 2.20. The van der Waals surface area contributed by atoms with Crippen molar-refractivity contribution < 1.29 is 20.3 Å². The fraction of sp³-hybridized carbons (Fsp3) is 1.00. The van der Waals surface area contributed by atoms with Gasteiger partial charge in [-0.2, -0.15) is 0 Å². The Morgan fingerprint density at radius 1 is 1.86 bits per heavy atom. The van der Waals surface area contributed by atoms with Crippen molar-refractivity contribution in [3.63, 3.8) is 0 Å². The Morgan fingerprint density at radius 3 is 2.29 bits per heavy atom. The molecule has 0 aromatic heterocycles. The van der Waals surface area contributed by atoms with E-state index >= 15 is 0 Å². The van der Waals surface area contributed by atoms with Crippen LogP contribution in [0.1, 0.15) is 14.8 Å². The average Bonchev–Trinajstić information content (AvgIpc) is 1.35. The average molecular weight is 127 g/mol. The van der Waals surface area contributed by atoms with Crippen LogP contribution in [0, 0.1) is 0 Å². The van der Waals surface area contributed by atoms with Gasteiger partial charge in [0.25, 0.3) is 0 Å². The Kier molecular flexibility index (Phi) is 10.9. The molecule has 0 aromatic rings. The van der Waals surface area contributed by atoms with Gasteiger partial charge in [0.15, 0.2) is 0 Å². The predicted octanol–water partition coefficient (Wildman–Crippen LogP) is -3.94. The molecule has 7 heavy (non-hydrogen) atoms. The van der Waals surface area contributed by atoms with Gasteiger partial charge in [-0.3, -0.25) is 0 Å². The van der Waals surface area contributed by atoms with E-state index in [0.717, 1.165) is 0 Å². The molecule has 0 amide bonds. The normalized spacial score (nSPS) is 12.9. The Labute approximate surface area is 63.6 Å². The van der Waals surface area contributed by atoms with E-state index in [1.165, 1.54) is 22.2 Å². The molecule has 4 heteroatoms. The monoisotopic (exact) mass is 127 g/mol. The SMILES string of the molecule is CCC[SiH](N)[SiH3].[H-].[Li+]. The minimum atomic E-state index is -0.532. The molecule has 0 saturated carbocycles. The van der Waals surface area contributed by atoms with Crippen LogP contribution in [0.15, 0.2) is 0 Å². The third-order valence-electron chi connectivity index (χ3n) is 0.744. The van der Waals surface area contributed by atoms with Gasteiger partial charge in [-0.05, 0) is 0 Å². The first-order chi connectivity index (χ1) is 2.77. The Morgan fingerprint density at radius 2 is 2.29 bits per heavy atom. The largest absolute Gasteiger partial charge is 1.00 e. The summed E-state index contributed by atoms with van der Waals surface area (Å²) in [4.78, 5) is 0. The summed E-state index contributed by atoms with van der Waals surface area (Å²) in [5, 5.41) is 5.60. The van der Waals surface area contributed by atoms with Crippen molar-refractivity contribution in [2.75, 3.05) is 0 Å². The second-order valence-corrected chi connectivity index (χ2v) is 8.75. The van der Waals surface area contributed by atoms with Crippen molar-refractivity contribution in [1.29, 1.82) is 0 Å². The van der Waals surface area contributed by atoms with E-state index in [4.69, 9.17) is 5.40 Å². The smallest absolute Gasteiger partial charge is 1.00 e. The summed E-state index contributed by atoms with van der Waals surface area (Å²) >= 11 is 0. The Balaban J connectivity index is -0.000000125. The van der Waals surface area contributed by atoms with E-state index in [1.807, 2.05) is 0 Å². The standard InChI is InChI=1S/C3H13NSi2.Li.H/c1-2-3-6(4)5;;/h6H,2-4H2,1,5H3;;/q;+1;-1. The van der Waals surface area contributed by atoms with Crippen molar-refractivity contribution in [2.24, 2.45) is 5.40 Å². The molecule has 2 N–H and O–H groups in total. The molecule has 40 valence electrons. The molecular formula is C3H14LiNSi2. The van der Waals surface area contributed by atoms with E-state index in [1.54, 1.807) is 0 Å². The molecule has 0 aliphatic heterocycles. The van der Waals surface area contributed by atoms with Crippen LogP contribution in [-0.4, -0.2) is 18.2 Å². The zero-order chi connectivity index (χ0) is 4.99. The Hall–Kier alpha value is 0.991. The van der Waals surface area contributed by atoms with Crippen LogP contribution in [0.3, 0.4) is 0 Å². The molecule has 1 atom stereocenters. The number of nitrogens with two attached hydrogens (primary N) is 1. The van der Waals surface area contributed by atoms with Gasteiger partial charge >= 0.3 is 18.9 Å². The quantitative estimate of drug-likeness (QED) is 0.377.